The van der Waals surface area contributed by atoms with E-state index in [0.29, 0.717) is 15.9 Å². The molecule has 5 nitrogen and oxygen atoms in total. The molecule has 0 aliphatic rings. The molecule has 106 valence electrons. The van der Waals surface area contributed by atoms with Crippen molar-refractivity contribution in [1.29, 1.82) is 0 Å². The first-order valence-electron chi connectivity index (χ1n) is 5.40. The minimum absolute atomic E-state index is 0.129. The molecule has 1 N–H and O–H groups in total. The maximum atomic E-state index is 12.2. The number of anilines is 1. The Morgan fingerprint density at radius 3 is 2.50 bits per heavy atom. The van der Waals surface area contributed by atoms with Crippen molar-refractivity contribution >= 4 is 43.2 Å². The minimum atomic E-state index is -3.68. The van der Waals surface area contributed by atoms with Gasteiger partial charge in [-0.25, -0.2) is 13.4 Å². The number of halogens is 2. The first-order valence-corrected chi connectivity index (χ1v) is 8.06. The monoisotopic (exact) mass is 376 g/mol. The van der Waals surface area contributed by atoms with Crippen LogP contribution in [0.2, 0.25) is 5.15 Å². The number of nitrogens with zero attached hydrogens (tertiary/aromatic N) is 1. The molecule has 0 spiro atoms. The number of ether oxygens (including phenoxy) is 1. The van der Waals surface area contributed by atoms with Crippen LogP contribution in [0.15, 0.2) is 45.9 Å². The summed E-state index contributed by atoms with van der Waals surface area (Å²) in [6, 6.07) is 7.60. The summed E-state index contributed by atoms with van der Waals surface area (Å²) in [6.45, 7) is 0. The van der Waals surface area contributed by atoms with Gasteiger partial charge in [0.2, 0.25) is 0 Å². The predicted molar refractivity (Wildman–Crippen MR) is 80.7 cm³/mol. The van der Waals surface area contributed by atoms with Gasteiger partial charge < -0.3 is 4.74 Å². The molecule has 0 saturated carbocycles. The number of nitrogens with one attached hydrogen (secondary N) is 1. The fourth-order valence-electron chi connectivity index (χ4n) is 1.45. The van der Waals surface area contributed by atoms with Gasteiger partial charge in [-0.1, -0.05) is 11.6 Å². The van der Waals surface area contributed by atoms with Crippen molar-refractivity contribution in [2.45, 2.75) is 4.90 Å². The Balaban J connectivity index is 2.27. The molecule has 0 fully saturated rings. The van der Waals surface area contributed by atoms with Crippen LogP contribution in [-0.4, -0.2) is 20.5 Å². The Morgan fingerprint density at radius 2 is 1.95 bits per heavy atom. The maximum absolute atomic E-state index is 12.2. The zero-order valence-corrected chi connectivity index (χ0v) is 13.5. The summed E-state index contributed by atoms with van der Waals surface area (Å²) in [4.78, 5) is 3.98. The van der Waals surface area contributed by atoms with E-state index in [1.165, 1.54) is 31.5 Å². The first kappa shape index (κ1) is 15.1. The second kappa shape index (κ2) is 5.99. The molecule has 2 rings (SSSR count). The third-order valence-electron chi connectivity index (χ3n) is 2.42. The molecule has 0 radical (unpaired) electrons. The van der Waals surface area contributed by atoms with Crippen LogP contribution in [0.25, 0.3) is 0 Å². The van der Waals surface area contributed by atoms with Crippen LogP contribution in [-0.2, 0) is 10.0 Å². The Bertz CT molecular complexity index is 720. The van der Waals surface area contributed by atoms with E-state index in [-0.39, 0.29) is 10.0 Å². The highest BCUT2D eigenvalue weighted by Gasteiger charge is 2.15. The third-order valence-corrected chi connectivity index (χ3v) is 4.95. The van der Waals surface area contributed by atoms with Crippen molar-refractivity contribution in [3.05, 3.63) is 46.2 Å². The van der Waals surface area contributed by atoms with E-state index >= 15 is 0 Å². The summed E-state index contributed by atoms with van der Waals surface area (Å²) in [7, 11) is -2.16. The highest BCUT2D eigenvalue weighted by atomic mass is 79.9. The van der Waals surface area contributed by atoms with Crippen LogP contribution < -0.4 is 9.46 Å². The molecule has 0 bridgehead atoms. The largest absolute Gasteiger partial charge is 0.497 e. The average molecular weight is 378 g/mol. The molecule has 1 aromatic carbocycles. The third kappa shape index (κ3) is 3.41. The predicted octanol–water partition coefficient (Wildman–Crippen LogP) is 3.31. The van der Waals surface area contributed by atoms with Gasteiger partial charge in [0.1, 0.15) is 10.9 Å². The van der Waals surface area contributed by atoms with Crippen LogP contribution in [0.1, 0.15) is 0 Å². The van der Waals surface area contributed by atoms with Crippen molar-refractivity contribution < 1.29 is 13.2 Å². The Hall–Kier alpha value is -1.31. The van der Waals surface area contributed by atoms with E-state index in [0.717, 1.165) is 0 Å². The number of hydrogen-bond donors (Lipinski definition) is 1. The van der Waals surface area contributed by atoms with Gasteiger partial charge in [-0.2, -0.15) is 0 Å². The number of benzene rings is 1. The highest BCUT2D eigenvalue weighted by Crippen LogP contribution is 2.25. The molecular weight excluding hydrogens is 368 g/mol. The van der Waals surface area contributed by atoms with Crippen LogP contribution in [0.4, 0.5) is 5.69 Å². The van der Waals surface area contributed by atoms with E-state index in [4.69, 9.17) is 16.3 Å². The second-order valence-corrected chi connectivity index (χ2v) is 6.67. The van der Waals surface area contributed by atoms with Gasteiger partial charge in [0.25, 0.3) is 10.0 Å². The molecule has 1 aromatic heterocycles. The summed E-state index contributed by atoms with van der Waals surface area (Å²) in [6.07, 6.45) is 1.34. The van der Waals surface area contributed by atoms with Gasteiger partial charge in [-0.3, -0.25) is 4.72 Å². The lowest BCUT2D eigenvalue weighted by Gasteiger charge is -2.09. The van der Waals surface area contributed by atoms with Crippen molar-refractivity contribution in [2.24, 2.45) is 0 Å². The van der Waals surface area contributed by atoms with Crippen molar-refractivity contribution in [3.63, 3.8) is 0 Å². The van der Waals surface area contributed by atoms with Crippen molar-refractivity contribution in [2.75, 3.05) is 11.8 Å². The number of aromatic nitrogens is 1. The number of pyridine rings is 1. The Morgan fingerprint density at radius 1 is 1.30 bits per heavy atom. The second-order valence-electron chi connectivity index (χ2n) is 3.78. The molecule has 0 unspecified atom stereocenters. The van der Waals surface area contributed by atoms with Crippen molar-refractivity contribution in [3.8, 4) is 5.75 Å². The van der Waals surface area contributed by atoms with Gasteiger partial charge in [-0.05, 0) is 46.3 Å². The number of rotatable bonds is 4. The average Bonchev–Trinajstić information content (AvgIpc) is 2.43. The van der Waals surface area contributed by atoms with Gasteiger partial charge >= 0.3 is 0 Å². The van der Waals surface area contributed by atoms with Crippen molar-refractivity contribution in [1.82, 2.24) is 4.98 Å². The van der Waals surface area contributed by atoms with Gasteiger partial charge in [0.05, 0.1) is 28.4 Å². The minimum Gasteiger partial charge on any atom is -0.497 e. The van der Waals surface area contributed by atoms with Crippen LogP contribution in [0.3, 0.4) is 0 Å². The fraction of sp³-hybridized carbons (Fsp3) is 0.0833. The van der Waals surface area contributed by atoms with E-state index in [1.807, 2.05) is 0 Å². The van der Waals surface area contributed by atoms with Crippen LogP contribution in [0, 0.1) is 0 Å². The van der Waals surface area contributed by atoms with Crippen LogP contribution >= 0.6 is 27.5 Å². The number of sulfonamides is 1. The van der Waals surface area contributed by atoms with E-state index in [9.17, 15) is 8.42 Å². The number of methoxy groups -OCH3 is 1. The van der Waals surface area contributed by atoms with Gasteiger partial charge in [-0.15, -0.1) is 0 Å². The van der Waals surface area contributed by atoms with Crippen LogP contribution in [0.5, 0.6) is 5.75 Å². The quantitative estimate of drug-likeness (QED) is 0.830. The summed E-state index contributed by atoms with van der Waals surface area (Å²) in [5.74, 6) is 0.583. The molecule has 0 aliphatic heterocycles. The Labute approximate surface area is 130 Å². The smallest absolute Gasteiger partial charge is 0.261 e. The zero-order chi connectivity index (χ0) is 14.8. The fourth-order valence-corrected chi connectivity index (χ4v) is 2.93. The topological polar surface area (TPSA) is 68.3 Å². The van der Waals surface area contributed by atoms with E-state index < -0.39 is 10.0 Å². The molecular formula is C12H10BrClN2O3S. The number of hydrogen-bond acceptors (Lipinski definition) is 4. The summed E-state index contributed by atoms with van der Waals surface area (Å²) in [5.41, 5.74) is 0.317. The molecule has 8 heteroatoms. The molecule has 0 aliphatic carbocycles. The van der Waals surface area contributed by atoms with Gasteiger partial charge in [0.15, 0.2) is 0 Å². The molecule has 0 amide bonds. The lowest BCUT2D eigenvalue weighted by Crippen LogP contribution is -2.13. The summed E-state index contributed by atoms with van der Waals surface area (Å²) in [5, 5.41) is 0.261. The SMILES string of the molecule is COc1ccc(S(=O)(=O)Nc2cnc(Cl)c(Br)c2)cc1. The molecule has 2 aromatic rings. The standard InChI is InChI=1S/C12H10BrClN2O3S/c1-19-9-2-4-10(5-3-9)20(17,18)16-8-6-11(13)12(14)15-7-8/h2-7,16H,1H3. The lowest BCUT2D eigenvalue weighted by atomic mass is 10.3. The van der Waals surface area contributed by atoms with E-state index in [2.05, 4.69) is 25.6 Å². The molecule has 1 heterocycles. The normalized spacial score (nSPS) is 11.2. The maximum Gasteiger partial charge on any atom is 0.261 e. The first-order chi connectivity index (χ1) is 9.42. The zero-order valence-electron chi connectivity index (χ0n) is 10.3. The Kier molecular flexibility index (Phi) is 4.52. The highest BCUT2D eigenvalue weighted by molar-refractivity contribution is 9.10. The van der Waals surface area contributed by atoms with Gasteiger partial charge in [0, 0.05) is 0 Å². The molecule has 0 saturated heterocycles. The molecule has 20 heavy (non-hydrogen) atoms. The molecule has 0 atom stereocenters. The summed E-state index contributed by atoms with van der Waals surface area (Å²) < 4.78 is 32.3. The van der Waals surface area contributed by atoms with E-state index in [1.54, 1.807) is 12.1 Å². The lowest BCUT2D eigenvalue weighted by molar-refractivity contribution is 0.414. The summed E-state index contributed by atoms with van der Waals surface area (Å²) >= 11 is 8.94.